The molecule has 2 atom stereocenters. The SMILES string of the molecule is CCc1ccccc1N1CC(C(=O)NC(CCO)C(C)C)CC1=O. The number of amides is 2. The molecular weight excluding hydrogens is 304 g/mol. The summed E-state index contributed by atoms with van der Waals surface area (Å²) in [5.74, 6) is -0.177. The van der Waals surface area contributed by atoms with Crippen LogP contribution in [0.25, 0.3) is 0 Å². The number of benzene rings is 1. The van der Waals surface area contributed by atoms with Crippen LogP contribution in [0.4, 0.5) is 5.69 Å². The van der Waals surface area contributed by atoms with E-state index in [9.17, 15) is 9.59 Å². The molecule has 2 rings (SSSR count). The van der Waals surface area contributed by atoms with Crippen LogP contribution < -0.4 is 10.2 Å². The van der Waals surface area contributed by atoms with Crippen LogP contribution in [0.15, 0.2) is 24.3 Å². The van der Waals surface area contributed by atoms with E-state index in [4.69, 9.17) is 5.11 Å². The summed E-state index contributed by atoms with van der Waals surface area (Å²) in [6, 6.07) is 7.79. The van der Waals surface area contributed by atoms with Gasteiger partial charge in [0.25, 0.3) is 0 Å². The lowest BCUT2D eigenvalue weighted by Crippen LogP contribution is -2.43. The summed E-state index contributed by atoms with van der Waals surface area (Å²) < 4.78 is 0. The Hall–Kier alpha value is -1.88. The Kier molecular flexibility index (Phi) is 6.37. The number of anilines is 1. The second-order valence-electron chi connectivity index (χ2n) is 6.76. The highest BCUT2D eigenvalue weighted by atomic mass is 16.3. The normalized spacial score (nSPS) is 19.0. The Morgan fingerprint density at radius 1 is 1.38 bits per heavy atom. The first-order valence-electron chi connectivity index (χ1n) is 8.77. The molecular formula is C19H28N2O3. The first-order valence-corrected chi connectivity index (χ1v) is 8.77. The van der Waals surface area contributed by atoms with E-state index in [0.29, 0.717) is 13.0 Å². The predicted molar refractivity (Wildman–Crippen MR) is 94.8 cm³/mol. The quantitative estimate of drug-likeness (QED) is 0.803. The van der Waals surface area contributed by atoms with Crippen molar-refractivity contribution in [3.63, 3.8) is 0 Å². The standard InChI is InChI=1S/C19H28N2O3/c1-4-14-7-5-6-8-17(14)21-12-15(11-18(21)23)19(24)20-16(9-10-22)13(2)3/h5-8,13,15-16,22H,4,9-12H2,1-3H3,(H,20,24). The fourth-order valence-corrected chi connectivity index (χ4v) is 3.20. The van der Waals surface area contributed by atoms with Gasteiger partial charge in [-0.05, 0) is 30.4 Å². The molecule has 0 saturated carbocycles. The maximum absolute atomic E-state index is 12.5. The van der Waals surface area contributed by atoms with Crippen LogP contribution in [0.1, 0.15) is 39.2 Å². The van der Waals surface area contributed by atoms with Crippen molar-refractivity contribution in [1.82, 2.24) is 5.32 Å². The van der Waals surface area contributed by atoms with Crippen LogP contribution in [0.3, 0.4) is 0 Å². The van der Waals surface area contributed by atoms with E-state index in [1.165, 1.54) is 0 Å². The van der Waals surface area contributed by atoms with Gasteiger partial charge in [0, 0.05) is 31.3 Å². The highest BCUT2D eigenvalue weighted by Crippen LogP contribution is 2.28. The molecule has 1 saturated heterocycles. The number of carbonyl (C=O) groups is 2. The molecule has 1 fully saturated rings. The number of carbonyl (C=O) groups excluding carboxylic acids is 2. The lowest BCUT2D eigenvalue weighted by molar-refractivity contribution is -0.127. The summed E-state index contributed by atoms with van der Waals surface area (Å²) >= 11 is 0. The Morgan fingerprint density at radius 3 is 2.71 bits per heavy atom. The van der Waals surface area contributed by atoms with Crippen LogP contribution in [-0.2, 0) is 16.0 Å². The van der Waals surface area contributed by atoms with Crippen molar-refractivity contribution in [3.8, 4) is 0 Å². The van der Waals surface area contributed by atoms with Crippen LogP contribution in [0.5, 0.6) is 0 Å². The van der Waals surface area contributed by atoms with Gasteiger partial charge >= 0.3 is 0 Å². The summed E-state index contributed by atoms with van der Waals surface area (Å²) in [5.41, 5.74) is 2.03. The summed E-state index contributed by atoms with van der Waals surface area (Å²) in [6.45, 7) is 6.56. The molecule has 2 unspecified atom stereocenters. The summed E-state index contributed by atoms with van der Waals surface area (Å²) in [5, 5.41) is 12.1. The van der Waals surface area contributed by atoms with Crippen molar-refractivity contribution in [2.24, 2.45) is 11.8 Å². The Bertz CT molecular complexity index is 586. The lowest BCUT2D eigenvalue weighted by Gasteiger charge is -2.24. The number of aliphatic hydroxyl groups is 1. The van der Waals surface area contributed by atoms with Gasteiger partial charge in [-0.2, -0.15) is 0 Å². The van der Waals surface area contributed by atoms with Crippen LogP contribution >= 0.6 is 0 Å². The number of aryl methyl sites for hydroxylation is 1. The lowest BCUT2D eigenvalue weighted by atomic mass is 9.99. The molecule has 0 aliphatic carbocycles. The predicted octanol–water partition coefficient (Wildman–Crippen LogP) is 2.13. The first kappa shape index (κ1) is 18.5. The zero-order chi connectivity index (χ0) is 17.7. The van der Waals surface area contributed by atoms with Crippen molar-refractivity contribution >= 4 is 17.5 Å². The van der Waals surface area contributed by atoms with Crippen molar-refractivity contribution < 1.29 is 14.7 Å². The van der Waals surface area contributed by atoms with Crippen LogP contribution in [-0.4, -0.2) is 36.1 Å². The summed E-state index contributed by atoms with van der Waals surface area (Å²) in [4.78, 5) is 26.7. The number of para-hydroxylation sites is 1. The molecule has 2 amide bonds. The number of nitrogens with one attached hydrogen (secondary N) is 1. The second-order valence-corrected chi connectivity index (χ2v) is 6.76. The zero-order valence-corrected chi connectivity index (χ0v) is 14.8. The van der Waals surface area contributed by atoms with Gasteiger partial charge in [0.15, 0.2) is 0 Å². The van der Waals surface area contributed by atoms with Gasteiger partial charge in [0.2, 0.25) is 11.8 Å². The number of hydrogen-bond donors (Lipinski definition) is 2. The number of rotatable bonds is 7. The highest BCUT2D eigenvalue weighted by Gasteiger charge is 2.36. The highest BCUT2D eigenvalue weighted by molar-refractivity contribution is 6.00. The van der Waals surface area contributed by atoms with Crippen molar-refractivity contribution in [3.05, 3.63) is 29.8 Å². The molecule has 1 heterocycles. The van der Waals surface area contributed by atoms with Gasteiger partial charge in [-0.3, -0.25) is 9.59 Å². The molecule has 1 aromatic rings. The van der Waals surface area contributed by atoms with Gasteiger partial charge in [0.05, 0.1) is 5.92 Å². The molecule has 5 heteroatoms. The Balaban J connectivity index is 2.07. The Morgan fingerprint density at radius 2 is 2.08 bits per heavy atom. The monoisotopic (exact) mass is 332 g/mol. The van der Waals surface area contributed by atoms with Crippen LogP contribution in [0.2, 0.25) is 0 Å². The third kappa shape index (κ3) is 4.15. The third-order valence-electron chi connectivity index (χ3n) is 4.73. The maximum atomic E-state index is 12.5. The average Bonchev–Trinajstić information content (AvgIpc) is 2.96. The van der Waals surface area contributed by atoms with Crippen molar-refractivity contribution in [2.45, 2.75) is 46.1 Å². The minimum Gasteiger partial charge on any atom is -0.396 e. The first-order chi connectivity index (χ1) is 11.5. The largest absolute Gasteiger partial charge is 0.396 e. The number of aliphatic hydroxyl groups excluding tert-OH is 1. The molecule has 1 aliphatic heterocycles. The Labute approximate surface area is 144 Å². The summed E-state index contributed by atoms with van der Waals surface area (Å²) in [7, 11) is 0. The molecule has 1 aliphatic rings. The molecule has 132 valence electrons. The van der Waals surface area contributed by atoms with E-state index < -0.39 is 0 Å². The van der Waals surface area contributed by atoms with Gasteiger partial charge in [-0.15, -0.1) is 0 Å². The topological polar surface area (TPSA) is 69.6 Å². The van der Waals surface area contributed by atoms with E-state index in [0.717, 1.165) is 17.7 Å². The maximum Gasteiger partial charge on any atom is 0.227 e. The number of hydrogen-bond acceptors (Lipinski definition) is 3. The smallest absolute Gasteiger partial charge is 0.227 e. The fraction of sp³-hybridized carbons (Fsp3) is 0.579. The van der Waals surface area contributed by atoms with Gasteiger partial charge in [0.1, 0.15) is 0 Å². The van der Waals surface area contributed by atoms with Crippen molar-refractivity contribution in [2.75, 3.05) is 18.1 Å². The van der Waals surface area contributed by atoms with E-state index in [-0.39, 0.29) is 42.7 Å². The number of nitrogens with zero attached hydrogens (tertiary/aromatic N) is 1. The van der Waals surface area contributed by atoms with Gasteiger partial charge in [-0.1, -0.05) is 39.0 Å². The minimum absolute atomic E-state index is 0.000643. The van der Waals surface area contributed by atoms with Gasteiger partial charge in [-0.25, -0.2) is 0 Å². The third-order valence-corrected chi connectivity index (χ3v) is 4.73. The fourth-order valence-electron chi connectivity index (χ4n) is 3.20. The molecule has 0 spiro atoms. The second kappa shape index (κ2) is 8.29. The van der Waals surface area contributed by atoms with E-state index in [1.807, 2.05) is 38.1 Å². The molecule has 5 nitrogen and oxygen atoms in total. The molecule has 0 radical (unpaired) electrons. The summed E-state index contributed by atoms with van der Waals surface area (Å²) in [6.07, 6.45) is 1.63. The average molecular weight is 332 g/mol. The molecule has 0 bridgehead atoms. The zero-order valence-electron chi connectivity index (χ0n) is 14.8. The molecule has 1 aromatic carbocycles. The molecule has 24 heavy (non-hydrogen) atoms. The van der Waals surface area contributed by atoms with E-state index in [1.54, 1.807) is 4.90 Å². The minimum atomic E-state index is -0.331. The molecule has 0 aromatic heterocycles. The van der Waals surface area contributed by atoms with Crippen molar-refractivity contribution in [1.29, 1.82) is 0 Å². The van der Waals surface area contributed by atoms with Crippen LogP contribution in [0, 0.1) is 11.8 Å². The van der Waals surface area contributed by atoms with E-state index >= 15 is 0 Å². The van der Waals surface area contributed by atoms with Gasteiger partial charge < -0.3 is 15.3 Å². The molecule has 2 N–H and O–H groups in total. The van der Waals surface area contributed by atoms with E-state index in [2.05, 4.69) is 12.2 Å².